The van der Waals surface area contributed by atoms with E-state index in [1.165, 1.54) is 13.2 Å². The van der Waals surface area contributed by atoms with E-state index in [1.807, 2.05) is 0 Å². The standard InChI is InChI=1S/C15H16O5/c1-9(2)19-15(17)20-12-8-13(18-3)14(16)11-7-5-4-6-10(11)12/h4-9,16H,1-3H3. The van der Waals surface area contributed by atoms with Crippen molar-refractivity contribution in [1.82, 2.24) is 0 Å². The summed E-state index contributed by atoms with van der Waals surface area (Å²) in [6.45, 7) is 3.47. The summed E-state index contributed by atoms with van der Waals surface area (Å²) in [5.74, 6) is 0.518. The van der Waals surface area contributed by atoms with Gasteiger partial charge in [-0.05, 0) is 13.8 Å². The van der Waals surface area contributed by atoms with Gasteiger partial charge in [-0.15, -0.1) is 0 Å². The fourth-order valence-corrected chi connectivity index (χ4v) is 1.85. The van der Waals surface area contributed by atoms with Crippen LogP contribution in [0.25, 0.3) is 10.8 Å². The Morgan fingerprint density at radius 1 is 1.15 bits per heavy atom. The van der Waals surface area contributed by atoms with Crippen LogP contribution in [0.15, 0.2) is 30.3 Å². The number of aromatic hydroxyl groups is 1. The van der Waals surface area contributed by atoms with E-state index in [2.05, 4.69) is 0 Å². The van der Waals surface area contributed by atoms with Gasteiger partial charge in [-0.25, -0.2) is 4.79 Å². The second kappa shape index (κ2) is 5.69. The Kier molecular flexibility index (Phi) is 3.98. The average Bonchev–Trinajstić information content (AvgIpc) is 2.41. The van der Waals surface area contributed by atoms with Crippen molar-refractivity contribution in [2.45, 2.75) is 20.0 Å². The van der Waals surface area contributed by atoms with Crippen molar-refractivity contribution in [2.75, 3.05) is 7.11 Å². The molecule has 0 saturated carbocycles. The maximum Gasteiger partial charge on any atom is 0.514 e. The lowest BCUT2D eigenvalue weighted by molar-refractivity contribution is 0.0732. The Morgan fingerprint density at radius 3 is 2.40 bits per heavy atom. The lowest BCUT2D eigenvalue weighted by atomic mass is 10.1. The first-order valence-corrected chi connectivity index (χ1v) is 6.20. The second-order valence-electron chi connectivity index (χ2n) is 4.49. The highest BCUT2D eigenvalue weighted by Gasteiger charge is 2.16. The van der Waals surface area contributed by atoms with Crippen LogP contribution in [0.3, 0.4) is 0 Å². The molecule has 0 bridgehead atoms. The molecule has 0 atom stereocenters. The van der Waals surface area contributed by atoms with Crippen LogP contribution >= 0.6 is 0 Å². The topological polar surface area (TPSA) is 65.0 Å². The quantitative estimate of drug-likeness (QED) is 0.686. The molecule has 2 aromatic carbocycles. The third kappa shape index (κ3) is 2.77. The first kappa shape index (κ1) is 14.0. The zero-order chi connectivity index (χ0) is 14.7. The van der Waals surface area contributed by atoms with Crippen molar-refractivity contribution < 1.29 is 24.1 Å². The minimum absolute atomic E-state index is 0.00711. The average molecular weight is 276 g/mol. The van der Waals surface area contributed by atoms with Crippen LogP contribution in [0.2, 0.25) is 0 Å². The van der Waals surface area contributed by atoms with E-state index in [9.17, 15) is 9.90 Å². The van der Waals surface area contributed by atoms with Gasteiger partial charge in [-0.1, -0.05) is 24.3 Å². The van der Waals surface area contributed by atoms with Crippen LogP contribution in [-0.2, 0) is 4.74 Å². The molecule has 2 aromatic rings. The van der Waals surface area contributed by atoms with Gasteiger partial charge in [-0.3, -0.25) is 0 Å². The van der Waals surface area contributed by atoms with Crippen LogP contribution in [0.4, 0.5) is 4.79 Å². The number of hydrogen-bond donors (Lipinski definition) is 1. The molecule has 20 heavy (non-hydrogen) atoms. The number of methoxy groups -OCH3 is 1. The molecule has 0 unspecified atom stereocenters. The summed E-state index contributed by atoms with van der Waals surface area (Å²) in [6.07, 6.45) is -1.06. The smallest absolute Gasteiger partial charge is 0.504 e. The highest BCUT2D eigenvalue weighted by molar-refractivity contribution is 5.96. The van der Waals surface area contributed by atoms with Crippen molar-refractivity contribution in [3.05, 3.63) is 30.3 Å². The van der Waals surface area contributed by atoms with Crippen molar-refractivity contribution in [3.8, 4) is 17.2 Å². The zero-order valence-corrected chi connectivity index (χ0v) is 11.5. The molecule has 0 aliphatic rings. The molecule has 5 heteroatoms. The fraction of sp³-hybridized carbons (Fsp3) is 0.267. The SMILES string of the molecule is COc1cc(OC(=O)OC(C)C)c2ccccc2c1O. The predicted molar refractivity (Wildman–Crippen MR) is 74.4 cm³/mol. The summed E-state index contributed by atoms with van der Waals surface area (Å²) in [7, 11) is 1.43. The van der Waals surface area contributed by atoms with Crippen molar-refractivity contribution in [3.63, 3.8) is 0 Å². The van der Waals surface area contributed by atoms with Crippen LogP contribution in [-0.4, -0.2) is 24.5 Å². The van der Waals surface area contributed by atoms with Crippen LogP contribution < -0.4 is 9.47 Å². The first-order valence-electron chi connectivity index (χ1n) is 6.20. The Hall–Kier alpha value is -2.43. The molecule has 0 spiro atoms. The summed E-state index contributed by atoms with van der Waals surface area (Å²) in [4.78, 5) is 11.6. The van der Waals surface area contributed by atoms with E-state index in [0.29, 0.717) is 10.8 Å². The Morgan fingerprint density at radius 2 is 1.80 bits per heavy atom. The number of ether oxygens (including phenoxy) is 3. The third-order valence-electron chi connectivity index (χ3n) is 2.69. The molecule has 1 N–H and O–H groups in total. The largest absolute Gasteiger partial charge is 0.514 e. The molecular formula is C15H16O5. The molecule has 5 nitrogen and oxygen atoms in total. The Balaban J connectivity index is 2.47. The molecule has 0 radical (unpaired) electrons. The fourth-order valence-electron chi connectivity index (χ4n) is 1.85. The van der Waals surface area contributed by atoms with E-state index < -0.39 is 6.16 Å². The number of carbonyl (C=O) groups excluding carboxylic acids is 1. The van der Waals surface area contributed by atoms with Gasteiger partial charge in [0.2, 0.25) is 0 Å². The van der Waals surface area contributed by atoms with E-state index in [1.54, 1.807) is 38.1 Å². The molecule has 0 aromatic heterocycles. The third-order valence-corrected chi connectivity index (χ3v) is 2.69. The summed E-state index contributed by atoms with van der Waals surface area (Å²) in [6, 6.07) is 8.48. The lowest BCUT2D eigenvalue weighted by Gasteiger charge is -2.13. The minimum atomic E-state index is -0.794. The van der Waals surface area contributed by atoms with Gasteiger partial charge >= 0.3 is 6.16 Å². The highest BCUT2D eigenvalue weighted by Crippen LogP contribution is 2.40. The highest BCUT2D eigenvalue weighted by atomic mass is 16.7. The van der Waals surface area contributed by atoms with Crippen LogP contribution in [0, 0.1) is 0 Å². The van der Waals surface area contributed by atoms with Crippen molar-refractivity contribution in [2.24, 2.45) is 0 Å². The molecule has 0 heterocycles. The minimum Gasteiger partial charge on any atom is -0.504 e. The molecular weight excluding hydrogens is 260 g/mol. The van der Waals surface area contributed by atoms with E-state index in [4.69, 9.17) is 14.2 Å². The molecule has 0 aliphatic carbocycles. The number of rotatable bonds is 3. The number of carbonyl (C=O) groups is 1. The Labute approximate surface area is 116 Å². The number of benzene rings is 2. The number of phenols is 1. The van der Waals surface area contributed by atoms with Gasteiger partial charge in [-0.2, -0.15) is 0 Å². The molecule has 0 amide bonds. The summed E-state index contributed by atoms with van der Waals surface area (Å²) in [5, 5.41) is 11.2. The van der Waals surface area contributed by atoms with Gasteiger partial charge in [0.05, 0.1) is 13.2 Å². The normalized spacial score (nSPS) is 10.6. The number of phenolic OH excluding ortho intramolecular Hbond substituents is 1. The molecule has 0 aliphatic heterocycles. The monoisotopic (exact) mass is 276 g/mol. The van der Waals surface area contributed by atoms with Gasteiger partial charge in [0.25, 0.3) is 0 Å². The Bertz CT molecular complexity index is 633. The number of fused-ring (bicyclic) bond motifs is 1. The first-order chi connectivity index (χ1) is 9.52. The van der Waals surface area contributed by atoms with Crippen molar-refractivity contribution >= 4 is 16.9 Å². The van der Waals surface area contributed by atoms with E-state index in [0.717, 1.165) is 0 Å². The summed E-state index contributed by atoms with van der Waals surface area (Å²) < 4.78 is 15.2. The maximum atomic E-state index is 11.6. The van der Waals surface area contributed by atoms with E-state index in [-0.39, 0.29) is 23.4 Å². The van der Waals surface area contributed by atoms with Gasteiger partial charge in [0.1, 0.15) is 5.75 Å². The summed E-state index contributed by atoms with van der Waals surface area (Å²) >= 11 is 0. The van der Waals surface area contributed by atoms with Crippen LogP contribution in [0.1, 0.15) is 13.8 Å². The van der Waals surface area contributed by atoms with Gasteiger partial charge < -0.3 is 19.3 Å². The second-order valence-corrected chi connectivity index (χ2v) is 4.49. The number of hydrogen-bond acceptors (Lipinski definition) is 5. The van der Waals surface area contributed by atoms with Gasteiger partial charge in [0.15, 0.2) is 11.5 Å². The molecule has 106 valence electrons. The van der Waals surface area contributed by atoms with Crippen LogP contribution in [0.5, 0.6) is 17.2 Å². The molecule has 0 saturated heterocycles. The molecule has 2 rings (SSSR count). The lowest BCUT2D eigenvalue weighted by Crippen LogP contribution is -2.15. The summed E-state index contributed by atoms with van der Waals surface area (Å²) in [5.41, 5.74) is 0. The van der Waals surface area contributed by atoms with Gasteiger partial charge in [0, 0.05) is 16.8 Å². The zero-order valence-electron chi connectivity index (χ0n) is 11.5. The van der Waals surface area contributed by atoms with E-state index >= 15 is 0 Å². The predicted octanol–water partition coefficient (Wildman–Crippen LogP) is 3.48. The maximum absolute atomic E-state index is 11.6. The van der Waals surface area contributed by atoms with Crippen molar-refractivity contribution in [1.29, 1.82) is 0 Å². The molecule has 0 fully saturated rings.